The Morgan fingerprint density at radius 2 is 1.73 bits per heavy atom. The molecule has 0 aromatic heterocycles. The third kappa shape index (κ3) is 6.17. The predicted molar refractivity (Wildman–Crippen MR) is 96.0 cm³/mol. The zero-order valence-corrected chi connectivity index (χ0v) is 16.4. The summed E-state index contributed by atoms with van der Waals surface area (Å²) in [7, 11) is -1.48. The van der Waals surface area contributed by atoms with Crippen LogP contribution >= 0.6 is 0 Å². The lowest BCUT2D eigenvalue weighted by Gasteiger charge is -2.42. The van der Waals surface area contributed by atoms with Crippen LogP contribution in [-0.2, 0) is 9.47 Å². The smallest absolute Gasteiger partial charge is 0.247 e. The minimum atomic E-state index is -1.48. The van der Waals surface area contributed by atoms with E-state index in [4.69, 9.17) is 9.47 Å². The summed E-state index contributed by atoms with van der Waals surface area (Å²) in [4.78, 5) is 0. The van der Waals surface area contributed by atoms with Crippen molar-refractivity contribution in [2.45, 2.75) is 72.4 Å². The van der Waals surface area contributed by atoms with Crippen molar-refractivity contribution in [3.63, 3.8) is 0 Å². The zero-order valence-electron chi connectivity index (χ0n) is 15.4. The Bertz CT molecular complexity index is 470. The molecule has 1 fully saturated rings. The van der Waals surface area contributed by atoms with Crippen molar-refractivity contribution >= 4 is 8.07 Å². The van der Waals surface area contributed by atoms with Crippen LogP contribution in [0.1, 0.15) is 47.0 Å². The van der Waals surface area contributed by atoms with E-state index >= 15 is 0 Å². The quantitative estimate of drug-likeness (QED) is 0.434. The highest BCUT2D eigenvalue weighted by atomic mass is 28.3. The number of hydrogen-bond acceptors (Lipinski definition) is 2. The average Bonchev–Trinajstić information content (AvgIpc) is 2.42. The Labute approximate surface area is 138 Å². The van der Waals surface area contributed by atoms with Gasteiger partial charge in [-0.3, -0.25) is 0 Å². The van der Waals surface area contributed by atoms with Gasteiger partial charge in [0.15, 0.2) is 0 Å². The maximum atomic E-state index is 6.12. The summed E-state index contributed by atoms with van der Waals surface area (Å²) in [6.07, 6.45) is 3.25. The normalized spacial score (nSPS) is 21.0. The molecule has 1 aliphatic heterocycles. The van der Waals surface area contributed by atoms with Gasteiger partial charge in [-0.1, -0.05) is 52.8 Å². The molecule has 0 spiro atoms. The molecule has 0 radical (unpaired) electrons. The highest BCUT2D eigenvalue weighted by molar-refractivity contribution is 6.83. The summed E-state index contributed by atoms with van der Waals surface area (Å²) in [5.74, 6) is 8.99. The molecular weight excluding hydrogens is 288 g/mol. The number of hydrogen-bond donors (Lipinski definition) is 0. The van der Waals surface area contributed by atoms with Gasteiger partial charge in [0.05, 0.1) is 19.1 Å². The van der Waals surface area contributed by atoms with Crippen molar-refractivity contribution in [1.29, 1.82) is 0 Å². The van der Waals surface area contributed by atoms with Gasteiger partial charge < -0.3 is 9.47 Å². The van der Waals surface area contributed by atoms with Crippen LogP contribution in [-0.4, -0.2) is 27.1 Å². The van der Waals surface area contributed by atoms with Gasteiger partial charge in [0, 0.05) is 11.8 Å². The van der Waals surface area contributed by atoms with Crippen molar-refractivity contribution in [2.24, 2.45) is 11.3 Å². The Balaban J connectivity index is 2.95. The maximum absolute atomic E-state index is 6.12. The molecule has 0 aromatic carbocycles. The van der Waals surface area contributed by atoms with Gasteiger partial charge in [-0.2, -0.15) is 0 Å². The van der Waals surface area contributed by atoms with Gasteiger partial charge in [0.2, 0.25) is 5.79 Å². The first-order valence-electron chi connectivity index (χ1n) is 8.41. The monoisotopic (exact) mass is 320 g/mol. The molecule has 0 aliphatic carbocycles. The summed E-state index contributed by atoms with van der Waals surface area (Å²) in [6, 6.07) is 0. The Kier molecular flexibility index (Phi) is 6.75. The van der Waals surface area contributed by atoms with Gasteiger partial charge in [0.1, 0.15) is 8.07 Å². The van der Waals surface area contributed by atoms with Crippen molar-refractivity contribution in [2.75, 3.05) is 13.2 Å². The van der Waals surface area contributed by atoms with Crippen LogP contribution in [0.15, 0.2) is 0 Å². The molecule has 1 heterocycles. The van der Waals surface area contributed by atoms with Gasteiger partial charge in [-0.15, -0.1) is 11.5 Å². The van der Waals surface area contributed by atoms with E-state index in [2.05, 4.69) is 70.6 Å². The zero-order chi connectivity index (χ0) is 16.9. The van der Waals surface area contributed by atoms with E-state index in [9.17, 15) is 0 Å². The molecule has 22 heavy (non-hydrogen) atoms. The first kappa shape index (κ1) is 19.3. The molecule has 1 rings (SSSR count). The number of ether oxygens (including phenoxy) is 2. The predicted octanol–water partition coefficient (Wildman–Crippen LogP) is 4.47. The maximum Gasteiger partial charge on any atom is 0.247 e. The molecule has 0 bridgehead atoms. The average molecular weight is 321 g/mol. The number of rotatable bonds is 3. The lowest BCUT2D eigenvalue weighted by molar-refractivity contribution is -0.279. The first-order valence-corrected chi connectivity index (χ1v) is 11.9. The molecule has 0 saturated carbocycles. The van der Waals surface area contributed by atoms with Crippen molar-refractivity contribution in [1.82, 2.24) is 0 Å². The third-order valence-electron chi connectivity index (χ3n) is 3.51. The lowest BCUT2D eigenvalue weighted by atomic mass is 9.92. The molecule has 1 atom stereocenters. The van der Waals surface area contributed by atoms with Crippen molar-refractivity contribution in [3.05, 3.63) is 0 Å². The molecule has 0 amide bonds. The SMILES string of the molecule is CCCCC#C[C@@H](C)C1(C#C[Si](C)(C)C)OCC(C)(C)CO1. The topological polar surface area (TPSA) is 18.5 Å². The molecule has 3 heteroatoms. The highest BCUT2D eigenvalue weighted by Crippen LogP contribution is 2.34. The molecular formula is C19H32O2Si. The molecule has 2 nitrogen and oxygen atoms in total. The standard InChI is InChI=1S/C19H32O2Si/c1-8-9-10-11-12-17(2)19(13-14-22(5,6)7)20-15-18(3,4)16-21-19/h17H,8-10,15-16H2,1-7H3/t17-/m1/s1. The van der Waals surface area contributed by atoms with Crippen LogP contribution in [0, 0.1) is 34.6 Å². The summed E-state index contributed by atoms with van der Waals surface area (Å²) in [5, 5.41) is 0. The van der Waals surface area contributed by atoms with E-state index in [-0.39, 0.29) is 11.3 Å². The second kappa shape index (κ2) is 7.69. The fourth-order valence-corrected chi connectivity index (χ4v) is 2.53. The van der Waals surface area contributed by atoms with Crippen molar-refractivity contribution in [3.8, 4) is 23.3 Å². The van der Waals surface area contributed by atoms with E-state index in [1.54, 1.807) is 0 Å². The van der Waals surface area contributed by atoms with Gasteiger partial charge in [-0.05, 0) is 19.3 Å². The Morgan fingerprint density at radius 1 is 1.14 bits per heavy atom. The van der Waals surface area contributed by atoms with E-state index in [1.165, 1.54) is 6.42 Å². The molecule has 1 saturated heterocycles. The summed E-state index contributed by atoms with van der Waals surface area (Å²) in [5.41, 5.74) is 3.45. The summed E-state index contributed by atoms with van der Waals surface area (Å²) in [6.45, 7) is 16.6. The molecule has 1 aliphatic rings. The molecule has 124 valence electrons. The minimum Gasteiger partial charge on any atom is -0.338 e. The largest absolute Gasteiger partial charge is 0.338 e. The molecule has 0 unspecified atom stereocenters. The second-order valence-corrected chi connectivity index (χ2v) is 12.8. The number of unbranched alkanes of at least 4 members (excludes halogenated alkanes) is 2. The Morgan fingerprint density at radius 3 is 2.23 bits per heavy atom. The second-order valence-electron chi connectivity index (χ2n) is 8.06. The summed E-state index contributed by atoms with van der Waals surface area (Å²) < 4.78 is 12.2. The minimum absolute atomic E-state index is 0.0377. The third-order valence-corrected chi connectivity index (χ3v) is 4.39. The van der Waals surface area contributed by atoms with E-state index in [0.29, 0.717) is 13.2 Å². The van der Waals surface area contributed by atoms with Crippen LogP contribution in [0.3, 0.4) is 0 Å². The van der Waals surface area contributed by atoms with Crippen molar-refractivity contribution < 1.29 is 9.47 Å². The van der Waals surface area contributed by atoms with Gasteiger partial charge in [0.25, 0.3) is 0 Å². The summed E-state index contributed by atoms with van der Waals surface area (Å²) >= 11 is 0. The lowest BCUT2D eigenvalue weighted by Crippen LogP contribution is -2.50. The van der Waals surface area contributed by atoms with Crippen LogP contribution in [0.2, 0.25) is 19.6 Å². The molecule has 0 aromatic rings. The van der Waals surface area contributed by atoms with Gasteiger partial charge >= 0.3 is 0 Å². The fraction of sp³-hybridized carbons (Fsp3) is 0.789. The van der Waals surface area contributed by atoms with Crippen LogP contribution in [0.25, 0.3) is 0 Å². The van der Waals surface area contributed by atoms with E-state index in [0.717, 1.165) is 12.8 Å². The fourth-order valence-electron chi connectivity index (χ4n) is 1.98. The van der Waals surface area contributed by atoms with Gasteiger partial charge in [-0.25, -0.2) is 0 Å². The van der Waals surface area contributed by atoms with Crippen LogP contribution in [0.5, 0.6) is 0 Å². The van der Waals surface area contributed by atoms with Crippen LogP contribution < -0.4 is 0 Å². The highest BCUT2D eigenvalue weighted by Gasteiger charge is 2.43. The van der Waals surface area contributed by atoms with Crippen LogP contribution in [0.4, 0.5) is 0 Å². The molecule has 0 N–H and O–H groups in total. The Hall–Kier alpha value is -0.743. The van der Waals surface area contributed by atoms with E-state index < -0.39 is 13.9 Å². The first-order chi connectivity index (χ1) is 10.1. The van der Waals surface area contributed by atoms with E-state index in [1.807, 2.05) is 0 Å².